The van der Waals surface area contributed by atoms with Crippen molar-refractivity contribution in [1.29, 1.82) is 0 Å². The molecule has 0 bridgehead atoms. The molecule has 1 atom stereocenters. The minimum Gasteiger partial charge on any atom is -0.338 e. The smallest absolute Gasteiger partial charge is 0.240 e. The van der Waals surface area contributed by atoms with Crippen LogP contribution in [0.15, 0.2) is 28.8 Å². The maximum absolute atomic E-state index is 13.5. The number of hydrogen-bond acceptors (Lipinski definition) is 5. The molecule has 1 aliphatic rings. The molecule has 23 heavy (non-hydrogen) atoms. The molecular formula is C17H23FN4O. The predicted molar refractivity (Wildman–Crippen MR) is 85.4 cm³/mol. The lowest BCUT2D eigenvalue weighted by Gasteiger charge is -2.35. The molecular weight excluding hydrogens is 295 g/mol. The molecule has 1 aliphatic heterocycles. The molecule has 0 radical (unpaired) electrons. The summed E-state index contributed by atoms with van der Waals surface area (Å²) >= 11 is 0. The third-order valence-electron chi connectivity index (χ3n) is 4.06. The Morgan fingerprint density at radius 3 is 2.91 bits per heavy atom. The lowest BCUT2D eigenvalue weighted by molar-refractivity contribution is 0.135. The van der Waals surface area contributed by atoms with Crippen LogP contribution < -0.4 is 5.32 Å². The minimum atomic E-state index is -0.208. The summed E-state index contributed by atoms with van der Waals surface area (Å²) in [6.45, 7) is 9.28. The molecule has 0 amide bonds. The summed E-state index contributed by atoms with van der Waals surface area (Å²) in [5, 5.41) is 7.44. The zero-order valence-electron chi connectivity index (χ0n) is 13.8. The number of benzene rings is 1. The number of nitrogens with one attached hydrogen (secondary N) is 1. The van der Waals surface area contributed by atoms with Crippen molar-refractivity contribution in [2.45, 2.75) is 38.8 Å². The van der Waals surface area contributed by atoms with Crippen LogP contribution in [0.1, 0.15) is 44.1 Å². The van der Waals surface area contributed by atoms with Gasteiger partial charge >= 0.3 is 0 Å². The largest absolute Gasteiger partial charge is 0.338 e. The number of aromatic nitrogens is 2. The Balaban J connectivity index is 1.78. The van der Waals surface area contributed by atoms with E-state index in [0.29, 0.717) is 18.3 Å². The molecule has 5 nitrogen and oxygen atoms in total. The van der Waals surface area contributed by atoms with Crippen LogP contribution in [-0.2, 0) is 12.0 Å². The van der Waals surface area contributed by atoms with Gasteiger partial charge in [0.15, 0.2) is 5.82 Å². The van der Waals surface area contributed by atoms with E-state index in [0.717, 1.165) is 25.2 Å². The Labute approximate surface area is 135 Å². The Kier molecular flexibility index (Phi) is 4.46. The Morgan fingerprint density at radius 2 is 2.22 bits per heavy atom. The molecule has 0 spiro atoms. The highest BCUT2D eigenvalue weighted by atomic mass is 19.1. The predicted octanol–water partition coefficient (Wildman–Crippen LogP) is 2.65. The summed E-state index contributed by atoms with van der Waals surface area (Å²) in [6.07, 6.45) is 0. The molecule has 124 valence electrons. The van der Waals surface area contributed by atoms with E-state index in [1.807, 2.05) is 6.07 Å². The topological polar surface area (TPSA) is 54.2 Å². The quantitative estimate of drug-likeness (QED) is 0.943. The second kappa shape index (κ2) is 6.37. The average molecular weight is 318 g/mol. The summed E-state index contributed by atoms with van der Waals surface area (Å²) in [6, 6.07) is 6.88. The zero-order chi connectivity index (χ0) is 16.4. The maximum atomic E-state index is 13.5. The number of nitrogens with zero attached hydrogens (tertiary/aromatic N) is 3. The van der Waals surface area contributed by atoms with Crippen molar-refractivity contribution >= 4 is 0 Å². The van der Waals surface area contributed by atoms with Crippen molar-refractivity contribution in [3.8, 4) is 0 Å². The Hall–Kier alpha value is -1.79. The first kappa shape index (κ1) is 16.1. The van der Waals surface area contributed by atoms with E-state index in [2.05, 4.69) is 41.1 Å². The van der Waals surface area contributed by atoms with Crippen molar-refractivity contribution in [1.82, 2.24) is 20.4 Å². The highest BCUT2D eigenvalue weighted by Crippen LogP contribution is 2.25. The van der Waals surface area contributed by atoms with Gasteiger partial charge in [-0.1, -0.05) is 38.1 Å². The van der Waals surface area contributed by atoms with Gasteiger partial charge in [0, 0.05) is 31.1 Å². The van der Waals surface area contributed by atoms with Crippen LogP contribution in [0.3, 0.4) is 0 Å². The van der Waals surface area contributed by atoms with E-state index in [1.54, 1.807) is 12.1 Å². The highest BCUT2D eigenvalue weighted by molar-refractivity contribution is 5.21. The monoisotopic (exact) mass is 318 g/mol. The SMILES string of the molecule is CC(C)(C)c1noc(CN2CCNCC2c2cccc(F)c2)n1. The molecule has 1 fully saturated rings. The van der Waals surface area contributed by atoms with E-state index in [-0.39, 0.29) is 17.3 Å². The van der Waals surface area contributed by atoms with Gasteiger partial charge in [0.2, 0.25) is 5.89 Å². The van der Waals surface area contributed by atoms with Crippen molar-refractivity contribution in [2.24, 2.45) is 0 Å². The molecule has 1 aromatic carbocycles. The van der Waals surface area contributed by atoms with Crippen LogP contribution in [-0.4, -0.2) is 34.7 Å². The van der Waals surface area contributed by atoms with Gasteiger partial charge in [0.05, 0.1) is 6.54 Å². The van der Waals surface area contributed by atoms with Crippen LogP contribution in [0.25, 0.3) is 0 Å². The van der Waals surface area contributed by atoms with Gasteiger partial charge in [-0.2, -0.15) is 4.98 Å². The standard InChI is InChI=1S/C17H23FN4O/c1-17(2,3)16-20-15(23-21-16)11-22-8-7-19-10-14(22)12-5-4-6-13(18)9-12/h4-6,9,14,19H,7-8,10-11H2,1-3H3. The first-order chi connectivity index (χ1) is 10.9. The van der Waals surface area contributed by atoms with Crippen LogP contribution in [0.2, 0.25) is 0 Å². The molecule has 6 heteroatoms. The molecule has 1 unspecified atom stereocenters. The summed E-state index contributed by atoms with van der Waals surface area (Å²) < 4.78 is 18.9. The van der Waals surface area contributed by atoms with Crippen molar-refractivity contribution in [3.63, 3.8) is 0 Å². The van der Waals surface area contributed by atoms with Gasteiger partial charge in [-0.15, -0.1) is 0 Å². The van der Waals surface area contributed by atoms with Gasteiger partial charge in [0.1, 0.15) is 5.82 Å². The lowest BCUT2D eigenvalue weighted by atomic mass is 9.96. The minimum absolute atomic E-state index is 0.101. The number of rotatable bonds is 3. The Morgan fingerprint density at radius 1 is 1.39 bits per heavy atom. The third-order valence-corrected chi connectivity index (χ3v) is 4.06. The van der Waals surface area contributed by atoms with E-state index in [9.17, 15) is 4.39 Å². The lowest BCUT2D eigenvalue weighted by Crippen LogP contribution is -2.45. The number of piperazine rings is 1. The molecule has 0 saturated carbocycles. The van der Waals surface area contributed by atoms with Crippen molar-refractivity contribution in [2.75, 3.05) is 19.6 Å². The van der Waals surface area contributed by atoms with Gasteiger partial charge in [-0.3, -0.25) is 4.90 Å². The Bertz CT molecular complexity index is 665. The fraction of sp³-hybridized carbons (Fsp3) is 0.529. The van der Waals surface area contributed by atoms with Crippen LogP contribution >= 0.6 is 0 Å². The van der Waals surface area contributed by atoms with Gasteiger partial charge in [-0.05, 0) is 17.7 Å². The second-order valence-corrected chi connectivity index (χ2v) is 7.01. The molecule has 1 saturated heterocycles. The zero-order valence-corrected chi connectivity index (χ0v) is 13.8. The van der Waals surface area contributed by atoms with Crippen LogP contribution in [0.4, 0.5) is 4.39 Å². The number of hydrogen-bond donors (Lipinski definition) is 1. The fourth-order valence-corrected chi connectivity index (χ4v) is 2.78. The molecule has 2 aromatic rings. The summed E-state index contributed by atoms with van der Waals surface area (Å²) in [7, 11) is 0. The fourth-order valence-electron chi connectivity index (χ4n) is 2.78. The van der Waals surface area contributed by atoms with Crippen LogP contribution in [0, 0.1) is 5.82 Å². The summed E-state index contributed by atoms with van der Waals surface area (Å²) in [5.41, 5.74) is 0.834. The molecule has 3 rings (SSSR count). The average Bonchev–Trinajstić information content (AvgIpc) is 2.96. The van der Waals surface area contributed by atoms with E-state index < -0.39 is 0 Å². The first-order valence-corrected chi connectivity index (χ1v) is 7.97. The summed E-state index contributed by atoms with van der Waals surface area (Å²) in [5.74, 6) is 1.11. The van der Waals surface area contributed by atoms with Crippen molar-refractivity contribution in [3.05, 3.63) is 47.4 Å². The first-order valence-electron chi connectivity index (χ1n) is 7.97. The second-order valence-electron chi connectivity index (χ2n) is 7.01. The van der Waals surface area contributed by atoms with Crippen LogP contribution in [0.5, 0.6) is 0 Å². The van der Waals surface area contributed by atoms with Gasteiger partial charge in [-0.25, -0.2) is 4.39 Å². The van der Waals surface area contributed by atoms with Gasteiger partial charge in [0.25, 0.3) is 0 Å². The third kappa shape index (κ3) is 3.76. The van der Waals surface area contributed by atoms with E-state index in [4.69, 9.17) is 4.52 Å². The molecule has 1 aromatic heterocycles. The molecule has 0 aliphatic carbocycles. The molecule has 1 N–H and O–H groups in total. The van der Waals surface area contributed by atoms with E-state index in [1.165, 1.54) is 6.07 Å². The normalized spacial score (nSPS) is 19.9. The van der Waals surface area contributed by atoms with E-state index >= 15 is 0 Å². The number of halogens is 1. The highest BCUT2D eigenvalue weighted by Gasteiger charge is 2.27. The summed E-state index contributed by atoms with van der Waals surface area (Å²) in [4.78, 5) is 6.76. The van der Waals surface area contributed by atoms with Gasteiger partial charge < -0.3 is 9.84 Å². The maximum Gasteiger partial charge on any atom is 0.240 e. The van der Waals surface area contributed by atoms with Crippen molar-refractivity contribution < 1.29 is 8.91 Å². The molecule has 2 heterocycles.